The Morgan fingerprint density at radius 1 is 1.05 bits per heavy atom. The van der Waals surface area contributed by atoms with Crippen molar-refractivity contribution in [3.8, 4) is 11.3 Å². The molecule has 3 nitrogen and oxygen atoms in total. The number of aromatic nitrogens is 2. The Bertz CT molecular complexity index is 640. The normalized spacial score (nSPS) is 20.2. The maximum absolute atomic E-state index is 4.45. The largest absolute Gasteiger partial charge is 0.297 e. The molecule has 1 saturated carbocycles. The van der Waals surface area contributed by atoms with Crippen molar-refractivity contribution in [3.63, 3.8) is 0 Å². The molecule has 0 radical (unpaired) electrons. The first-order valence-electron chi connectivity index (χ1n) is 8.47. The molecule has 3 heteroatoms. The molecule has 114 valence electrons. The Morgan fingerprint density at radius 3 is 2.45 bits per heavy atom. The van der Waals surface area contributed by atoms with Crippen molar-refractivity contribution in [3.05, 3.63) is 47.9 Å². The van der Waals surface area contributed by atoms with Gasteiger partial charge in [0.15, 0.2) is 0 Å². The average molecular weight is 293 g/mol. The van der Waals surface area contributed by atoms with Crippen molar-refractivity contribution in [2.75, 3.05) is 13.1 Å². The fourth-order valence-electron chi connectivity index (χ4n) is 3.40. The second-order valence-electron chi connectivity index (χ2n) is 6.64. The Hall–Kier alpha value is -1.74. The van der Waals surface area contributed by atoms with Crippen LogP contribution < -0.4 is 0 Å². The minimum Gasteiger partial charge on any atom is -0.297 e. The molecule has 2 fully saturated rings. The summed E-state index contributed by atoms with van der Waals surface area (Å²) in [7, 11) is 0. The van der Waals surface area contributed by atoms with E-state index in [0.717, 1.165) is 5.69 Å². The van der Waals surface area contributed by atoms with Crippen LogP contribution in [0.15, 0.2) is 36.7 Å². The molecule has 1 aromatic heterocycles. The van der Waals surface area contributed by atoms with E-state index in [-0.39, 0.29) is 0 Å². The zero-order valence-electron chi connectivity index (χ0n) is 13.2. The quantitative estimate of drug-likeness (QED) is 0.847. The number of likely N-dealkylation sites (tertiary alicyclic amines) is 1. The molecule has 0 amide bonds. The van der Waals surface area contributed by atoms with Gasteiger partial charge in [0.2, 0.25) is 0 Å². The van der Waals surface area contributed by atoms with Crippen LogP contribution in [-0.4, -0.2) is 28.0 Å². The minimum absolute atomic E-state index is 0.518. The summed E-state index contributed by atoms with van der Waals surface area (Å²) < 4.78 is 0. The van der Waals surface area contributed by atoms with Crippen LogP contribution >= 0.6 is 0 Å². The molecule has 2 aromatic rings. The molecular weight excluding hydrogens is 270 g/mol. The van der Waals surface area contributed by atoms with Crippen molar-refractivity contribution in [2.45, 2.75) is 44.6 Å². The van der Waals surface area contributed by atoms with Gasteiger partial charge >= 0.3 is 0 Å². The van der Waals surface area contributed by atoms with Crippen LogP contribution in [0.1, 0.15) is 55.8 Å². The van der Waals surface area contributed by atoms with Crippen LogP contribution in [0, 0.1) is 0 Å². The second kappa shape index (κ2) is 5.81. The van der Waals surface area contributed by atoms with Crippen molar-refractivity contribution in [1.82, 2.24) is 14.9 Å². The van der Waals surface area contributed by atoms with E-state index >= 15 is 0 Å². The van der Waals surface area contributed by atoms with Crippen molar-refractivity contribution < 1.29 is 0 Å². The fourth-order valence-corrected chi connectivity index (χ4v) is 3.40. The van der Waals surface area contributed by atoms with Gasteiger partial charge in [-0.1, -0.05) is 24.3 Å². The lowest BCUT2D eigenvalue weighted by Gasteiger charge is -2.24. The molecule has 0 spiro atoms. The van der Waals surface area contributed by atoms with E-state index in [1.165, 1.54) is 55.6 Å². The summed E-state index contributed by atoms with van der Waals surface area (Å²) in [6, 6.07) is 11.6. The van der Waals surface area contributed by atoms with Gasteiger partial charge in [-0.2, -0.15) is 0 Å². The maximum atomic E-state index is 4.45. The molecule has 0 bridgehead atoms. The Morgan fingerprint density at radius 2 is 1.77 bits per heavy atom. The third-order valence-corrected chi connectivity index (χ3v) is 5.06. The molecule has 1 aromatic carbocycles. The van der Waals surface area contributed by atoms with Crippen LogP contribution in [0.3, 0.4) is 0 Å². The summed E-state index contributed by atoms with van der Waals surface area (Å²) in [6.45, 7) is 4.79. The fraction of sp³-hybridized carbons (Fsp3) is 0.474. The molecule has 22 heavy (non-hydrogen) atoms. The van der Waals surface area contributed by atoms with E-state index in [0.29, 0.717) is 12.0 Å². The maximum Gasteiger partial charge on any atom is 0.116 e. The van der Waals surface area contributed by atoms with Crippen LogP contribution in [0.4, 0.5) is 0 Å². The predicted molar refractivity (Wildman–Crippen MR) is 88.7 cm³/mol. The zero-order chi connectivity index (χ0) is 14.9. The summed E-state index contributed by atoms with van der Waals surface area (Å²) >= 11 is 0. The smallest absolute Gasteiger partial charge is 0.116 e. The molecule has 0 N–H and O–H groups in total. The second-order valence-corrected chi connectivity index (χ2v) is 6.64. The van der Waals surface area contributed by atoms with E-state index < -0.39 is 0 Å². The number of hydrogen-bond acceptors (Lipinski definition) is 3. The van der Waals surface area contributed by atoms with Crippen LogP contribution in [0.5, 0.6) is 0 Å². The monoisotopic (exact) mass is 293 g/mol. The van der Waals surface area contributed by atoms with Gasteiger partial charge in [0.25, 0.3) is 0 Å². The number of rotatable bonds is 4. The first-order valence-corrected chi connectivity index (χ1v) is 8.47. The molecule has 1 atom stereocenters. The summed E-state index contributed by atoms with van der Waals surface area (Å²) in [5.74, 6) is 0.677. The topological polar surface area (TPSA) is 29.0 Å². The summed E-state index contributed by atoms with van der Waals surface area (Å²) in [5.41, 5.74) is 4.86. The Labute approximate surface area is 132 Å². The van der Waals surface area contributed by atoms with E-state index in [2.05, 4.69) is 52.1 Å². The highest BCUT2D eigenvalue weighted by atomic mass is 15.2. The number of hydrogen-bond donors (Lipinski definition) is 0. The lowest BCUT2D eigenvalue weighted by Crippen LogP contribution is -2.23. The SMILES string of the molecule is C[C@H](c1ccc(-c2cc(C3CC3)ncn2)cc1)N1CCCC1. The molecular formula is C19H23N3. The third kappa shape index (κ3) is 2.78. The van der Waals surface area contributed by atoms with E-state index in [1.807, 2.05) is 0 Å². The van der Waals surface area contributed by atoms with Gasteiger partial charge in [0, 0.05) is 23.2 Å². The Balaban J connectivity index is 1.54. The van der Waals surface area contributed by atoms with Crippen LogP contribution in [-0.2, 0) is 0 Å². The van der Waals surface area contributed by atoms with Gasteiger partial charge in [0.1, 0.15) is 6.33 Å². The van der Waals surface area contributed by atoms with Gasteiger partial charge in [-0.25, -0.2) is 9.97 Å². The number of nitrogens with zero attached hydrogens (tertiary/aromatic N) is 3. The number of benzene rings is 1. The summed E-state index contributed by atoms with van der Waals surface area (Å²) in [6.07, 6.45) is 6.95. The highest BCUT2D eigenvalue weighted by Crippen LogP contribution is 2.39. The van der Waals surface area contributed by atoms with Gasteiger partial charge in [-0.05, 0) is 57.3 Å². The van der Waals surface area contributed by atoms with Crippen molar-refractivity contribution in [2.24, 2.45) is 0 Å². The summed E-state index contributed by atoms with van der Waals surface area (Å²) in [4.78, 5) is 11.4. The summed E-state index contributed by atoms with van der Waals surface area (Å²) in [5, 5.41) is 0. The first-order chi connectivity index (χ1) is 10.8. The lowest BCUT2D eigenvalue weighted by atomic mass is 10.0. The molecule has 1 aliphatic carbocycles. The average Bonchev–Trinajstić information content (AvgIpc) is 3.29. The molecule has 2 heterocycles. The standard InChI is InChI=1S/C19H23N3/c1-14(22-10-2-3-11-22)15-4-6-16(7-5-15)18-12-19(17-8-9-17)21-13-20-18/h4-7,12-14,17H,2-3,8-11H2,1H3/t14-/m1/s1. The highest BCUT2D eigenvalue weighted by Gasteiger charge is 2.25. The third-order valence-electron chi connectivity index (χ3n) is 5.06. The first kappa shape index (κ1) is 13.9. The lowest BCUT2D eigenvalue weighted by molar-refractivity contribution is 0.263. The Kier molecular flexibility index (Phi) is 3.67. The minimum atomic E-state index is 0.518. The zero-order valence-corrected chi connectivity index (χ0v) is 13.2. The van der Waals surface area contributed by atoms with Crippen LogP contribution in [0.25, 0.3) is 11.3 Å². The molecule has 4 rings (SSSR count). The highest BCUT2D eigenvalue weighted by molar-refractivity contribution is 5.59. The van der Waals surface area contributed by atoms with E-state index in [9.17, 15) is 0 Å². The van der Waals surface area contributed by atoms with Gasteiger partial charge in [-0.3, -0.25) is 4.90 Å². The van der Waals surface area contributed by atoms with E-state index in [1.54, 1.807) is 6.33 Å². The van der Waals surface area contributed by atoms with E-state index in [4.69, 9.17) is 0 Å². The van der Waals surface area contributed by atoms with Gasteiger partial charge in [0.05, 0.1) is 5.69 Å². The van der Waals surface area contributed by atoms with Gasteiger partial charge in [-0.15, -0.1) is 0 Å². The van der Waals surface area contributed by atoms with Crippen LogP contribution in [0.2, 0.25) is 0 Å². The van der Waals surface area contributed by atoms with Gasteiger partial charge < -0.3 is 0 Å². The molecule has 1 aliphatic heterocycles. The molecule has 2 aliphatic rings. The predicted octanol–water partition coefficient (Wildman–Crippen LogP) is 4.18. The van der Waals surface area contributed by atoms with Crippen molar-refractivity contribution in [1.29, 1.82) is 0 Å². The molecule has 0 unspecified atom stereocenters. The van der Waals surface area contributed by atoms with Crippen molar-refractivity contribution >= 4 is 0 Å². The molecule has 1 saturated heterocycles.